The van der Waals surface area contributed by atoms with Gasteiger partial charge in [-0.1, -0.05) is 0 Å². The van der Waals surface area contributed by atoms with Crippen molar-refractivity contribution in [3.63, 3.8) is 0 Å². The van der Waals surface area contributed by atoms with Gasteiger partial charge in [-0.2, -0.15) is 0 Å². The van der Waals surface area contributed by atoms with E-state index in [1.165, 1.54) is 0 Å². The summed E-state index contributed by atoms with van der Waals surface area (Å²) in [5, 5.41) is 9.16. The normalized spacial score (nSPS) is 16.9. The van der Waals surface area contributed by atoms with Crippen molar-refractivity contribution in [1.82, 2.24) is 14.4 Å². The fraction of sp³-hybridized carbons (Fsp3) is 0.600. The van der Waals surface area contributed by atoms with Gasteiger partial charge in [0.25, 0.3) is 0 Å². The summed E-state index contributed by atoms with van der Waals surface area (Å²) in [5.41, 5.74) is 0.343. The van der Waals surface area contributed by atoms with E-state index < -0.39 is 5.97 Å². The van der Waals surface area contributed by atoms with Gasteiger partial charge in [0.05, 0.1) is 6.54 Å². The van der Waals surface area contributed by atoms with E-state index in [4.69, 9.17) is 5.11 Å². The lowest BCUT2D eigenvalue weighted by Gasteiger charge is -2.33. The number of aromatic nitrogens is 1. The molecular weight excluding hydrogens is 270 g/mol. The van der Waals surface area contributed by atoms with Crippen molar-refractivity contribution in [3.8, 4) is 0 Å². The second-order valence-corrected chi connectivity index (χ2v) is 5.52. The summed E-state index contributed by atoms with van der Waals surface area (Å²) < 4.78 is 1.85. The van der Waals surface area contributed by atoms with E-state index in [0.717, 1.165) is 32.5 Å². The number of carbonyl (C=O) groups is 2. The third-order valence-electron chi connectivity index (χ3n) is 4.21. The van der Waals surface area contributed by atoms with E-state index in [1.54, 1.807) is 17.0 Å². The number of likely N-dealkylation sites (N-methyl/N-ethyl adjacent to an activating group) is 1. The van der Waals surface area contributed by atoms with E-state index >= 15 is 0 Å². The van der Waals surface area contributed by atoms with Crippen molar-refractivity contribution in [3.05, 3.63) is 24.0 Å². The van der Waals surface area contributed by atoms with E-state index in [9.17, 15) is 9.59 Å². The van der Waals surface area contributed by atoms with Gasteiger partial charge in [-0.3, -0.25) is 9.69 Å². The maximum absolute atomic E-state index is 11.9. The summed E-state index contributed by atoms with van der Waals surface area (Å²) in [5.74, 6) is -0.745. The molecule has 1 aliphatic rings. The number of hydrogen-bond acceptors (Lipinski definition) is 3. The molecule has 1 aromatic rings. The molecule has 0 aliphatic carbocycles. The van der Waals surface area contributed by atoms with Crippen LogP contribution in [0.5, 0.6) is 0 Å². The van der Waals surface area contributed by atoms with Crippen LogP contribution in [0.1, 0.15) is 36.3 Å². The quantitative estimate of drug-likeness (QED) is 0.888. The number of hydrogen-bond donors (Lipinski definition) is 1. The zero-order valence-electron chi connectivity index (χ0n) is 12.7. The summed E-state index contributed by atoms with van der Waals surface area (Å²) in [6.07, 6.45) is 3.58. The molecule has 2 heterocycles. The van der Waals surface area contributed by atoms with Crippen LogP contribution in [0.4, 0.5) is 0 Å². The molecule has 1 amide bonds. The Morgan fingerprint density at radius 2 is 2.05 bits per heavy atom. The number of likely N-dealkylation sites (tertiary alicyclic amines) is 1. The molecule has 1 aliphatic heterocycles. The average Bonchev–Trinajstić information content (AvgIpc) is 2.96. The Labute approximate surface area is 124 Å². The second kappa shape index (κ2) is 6.76. The van der Waals surface area contributed by atoms with Crippen molar-refractivity contribution in [1.29, 1.82) is 0 Å². The van der Waals surface area contributed by atoms with Gasteiger partial charge in [-0.15, -0.1) is 0 Å². The number of nitrogens with zero attached hydrogens (tertiary/aromatic N) is 3. The number of carboxylic acids is 1. The van der Waals surface area contributed by atoms with Gasteiger partial charge in [0.2, 0.25) is 5.91 Å². The first-order valence-electron chi connectivity index (χ1n) is 7.39. The maximum atomic E-state index is 11.9. The van der Waals surface area contributed by atoms with Crippen LogP contribution in [0, 0.1) is 0 Å². The van der Waals surface area contributed by atoms with Crippen molar-refractivity contribution in [2.75, 3.05) is 33.2 Å². The highest BCUT2D eigenvalue weighted by molar-refractivity contribution is 5.85. The molecule has 1 aromatic heterocycles. The Kier molecular flexibility index (Phi) is 5.01. The molecule has 0 unspecified atom stereocenters. The van der Waals surface area contributed by atoms with Gasteiger partial charge in [0, 0.05) is 38.9 Å². The molecule has 0 aromatic carbocycles. The lowest BCUT2D eigenvalue weighted by atomic mass is 10.0. The zero-order chi connectivity index (χ0) is 15.4. The van der Waals surface area contributed by atoms with E-state index in [1.807, 2.05) is 24.7 Å². The SMILES string of the molecule is CCN(C)C(=O)CN1CCC(n2cccc2C(=O)O)CC1. The molecule has 2 rings (SSSR count). The van der Waals surface area contributed by atoms with Crippen molar-refractivity contribution < 1.29 is 14.7 Å². The topological polar surface area (TPSA) is 65.8 Å². The molecule has 6 heteroatoms. The van der Waals surface area contributed by atoms with Gasteiger partial charge >= 0.3 is 5.97 Å². The van der Waals surface area contributed by atoms with Gasteiger partial charge in [0.15, 0.2) is 0 Å². The minimum absolute atomic E-state index is 0.142. The Morgan fingerprint density at radius 3 is 2.62 bits per heavy atom. The molecule has 116 valence electrons. The molecule has 6 nitrogen and oxygen atoms in total. The summed E-state index contributed by atoms with van der Waals surface area (Å²) in [6.45, 7) is 4.79. The highest BCUT2D eigenvalue weighted by Crippen LogP contribution is 2.24. The third kappa shape index (κ3) is 3.64. The minimum atomic E-state index is -0.887. The van der Waals surface area contributed by atoms with Crippen LogP contribution in [-0.4, -0.2) is 64.6 Å². The number of aromatic carboxylic acids is 1. The molecule has 1 fully saturated rings. The van der Waals surface area contributed by atoms with E-state index in [0.29, 0.717) is 12.2 Å². The van der Waals surface area contributed by atoms with E-state index in [-0.39, 0.29) is 11.9 Å². The zero-order valence-corrected chi connectivity index (χ0v) is 12.7. The van der Waals surface area contributed by atoms with E-state index in [2.05, 4.69) is 4.90 Å². The fourth-order valence-electron chi connectivity index (χ4n) is 2.74. The Balaban J connectivity index is 1.90. The number of rotatable bonds is 5. The van der Waals surface area contributed by atoms with Crippen LogP contribution >= 0.6 is 0 Å². The largest absolute Gasteiger partial charge is 0.477 e. The first kappa shape index (κ1) is 15.6. The lowest BCUT2D eigenvalue weighted by molar-refractivity contribution is -0.131. The molecule has 0 spiro atoms. The van der Waals surface area contributed by atoms with Crippen molar-refractivity contribution >= 4 is 11.9 Å². The van der Waals surface area contributed by atoms with Gasteiger partial charge < -0.3 is 14.6 Å². The molecule has 1 saturated heterocycles. The third-order valence-corrected chi connectivity index (χ3v) is 4.21. The number of amides is 1. The molecule has 0 radical (unpaired) electrons. The first-order chi connectivity index (χ1) is 10.0. The number of piperidine rings is 1. The molecule has 21 heavy (non-hydrogen) atoms. The Bertz CT molecular complexity index is 504. The van der Waals surface area contributed by atoms with Crippen LogP contribution in [0.2, 0.25) is 0 Å². The van der Waals surface area contributed by atoms with Crippen LogP contribution in [0.3, 0.4) is 0 Å². The minimum Gasteiger partial charge on any atom is -0.477 e. The Hall–Kier alpha value is -1.82. The van der Waals surface area contributed by atoms with Crippen LogP contribution < -0.4 is 0 Å². The van der Waals surface area contributed by atoms with Crippen LogP contribution in [-0.2, 0) is 4.79 Å². The van der Waals surface area contributed by atoms with Crippen molar-refractivity contribution in [2.45, 2.75) is 25.8 Å². The van der Waals surface area contributed by atoms with Gasteiger partial charge in [-0.05, 0) is 31.9 Å². The van der Waals surface area contributed by atoms with Gasteiger partial charge in [-0.25, -0.2) is 4.79 Å². The fourth-order valence-corrected chi connectivity index (χ4v) is 2.74. The molecule has 1 N–H and O–H groups in total. The molecule has 0 saturated carbocycles. The van der Waals surface area contributed by atoms with Gasteiger partial charge in [0.1, 0.15) is 5.69 Å². The molecular formula is C15H23N3O3. The summed E-state index contributed by atoms with van der Waals surface area (Å²) in [7, 11) is 1.81. The maximum Gasteiger partial charge on any atom is 0.352 e. The molecule has 0 atom stereocenters. The monoisotopic (exact) mass is 293 g/mol. The van der Waals surface area contributed by atoms with Crippen LogP contribution in [0.15, 0.2) is 18.3 Å². The average molecular weight is 293 g/mol. The summed E-state index contributed by atoms with van der Waals surface area (Å²) >= 11 is 0. The highest BCUT2D eigenvalue weighted by Gasteiger charge is 2.24. The molecule has 0 bridgehead atoms. The highest BCUT2D eigenvalue weighted by atomic mass is 16.4. The van der Waals surface area contributed by atoms with Crippen LogP contribution in [0.25, 0.3) is 0 Å². The smallest absolute Gasteiger partial charge is 0.352 e. The standard InChI is InChI=1S/C15H23N3O3/c1-3-16(2)14(19)11-17-9-6-12(7-10-17)18-8-4-5-13(18)15(20)21/h4-5,8,12H,3,6-7,9-11H2,1-2H3,(H,20,21). The lowest BCUT2D eigenvalue weighted by Crippen LogP contribution is -2.42. The predicted octanol–water partition coefficient (Wildman–Crippen LogP) is 1.30. The summed E-state index contributed by atoms with van der Waals surface area (Å²) in [6, 6.07) is 3.62. The second-order valence-electron chi connectivity index (χ2n) is 5.52. The number of carbonyl (C=O) groups excluding carboxylic acids is 1. The first-order valence-corrected chi connectivity index (χ1v) is 7.39. The predicted molar refractivity (Wildman–Crippen MR) is 79.4 cm³/mol. The number of carboxylic acid groups (broad SMARTS) is 1. The Morgan fingerprint density at radius 1 is 1.38 bits per heavy atom. The summed E-state index contributed by atoms with van der Waals surface area (Å²) in [4.78, 5) is 26.9. The van der Waals surface area contributed by atoms with Crippen molar-refractivity contribution in [2.24, 2.45) is 0 Å².